The number of hydrogen-bond acceptors (Lipinski definition) is 4. The van der Waals surface area contributed by atoms with E-state index in [4.69, 9.17) is 10.8 Å². The van der Waals surface area contributed by atoms with Gasteiger partial charge in [-0.25, -0.2) is 0 Å². The first-order valence-corrected chi connectivity index (χ1v) is 4.90. The van der Waals surface area contributed by atoms with Gasteiger partial charge in [-0.1, -0.05) is 0 Å². The highest BCUT2D eigenvalue weighted by Gasteiger charge is 1.96. The Labute approximate surface area is 83.9 Å². The van der Waals surface area contributed by atoms with Gasteiger partial charge in [-0.05, 0) is 19.5 Å². The van der Waals surface area contributed by atoms with Crippen molar-refractivity contribution in [3.05, 3.63) is 18.0 Å². The van der Waals surface area contributed by atoms with Gasteiger partial charge in [0.1, 0.15) is 0 Å². The van der Waals surface area contributed by atoms with Crippen molar-refractivity contribution in [2.75, 3.05) is 19.7 Å². The van der Waals surface area contributed by atoms with Gasteiger partial charge in [0.15, 0.2) is 0 Å². The summed E-state index contributed by atoms with van der Waals surface area (Å²) >= 11 is 0. The van der Waals surface area contributed by atoms with Crippen LogP contribution >= 0.6 is 0 Å². The third-order valence-corrected chi connectivity index (χ3v) is 1.90. The van der Waals surface area contributed by atoms with E-state index in [-0.39, 0.29) is 6.61 Å². The standard InChI is InChI=1S/C9H18N4O/c10-2-1-3-11-6-9-7-12-13(8-9)4-5-14/h7-8,11,14H,1-6,10H2. The predicted octanol–water partition coefficient (Wildman–Crippen LogP) is -0.686. The van der Waals surface area contributed by atoms with Crippen LogP contribution < -0.4 is 11.1 Å². The molecule has 5 heteroatoms. The Balaban J connectivity index is 2.22. The van der Waals surface area contributed by atoms with E-state index in [0.29, 0.717) is 6.54 Å². The van der Waals surface area contributed by atoms with Gasteiger partial charge in [0.25, 0.3) is 0 Å². The second kappa shape index (κ2) is 6.53. The molecule has 80 valence electrons. The van der Waals surface area contributed by atoms with E-state index >= 15 is 0 Å². The van der Waals surface area contributed by atoms with E-state index in [1.54, 1.807) is 4.68 Å². The van der Waals surface area contributed by atoms with E-state index in [2.05, 4.69) is 10.4 Å². The van der Waals surface area contributed by atoms with Crippen molar-refractivity contribution in [2.24, 2.45) is 5.73 Å². The molecule has 0 saturated heterocycles. The molecular formula is C9H18N4O. The molecule has 0 radical (unpaired) electrons. The fourth-order valence-corrected chi connectivity index (χ4v) is 1.18. The van der Waals surface area contributed by atoms with Gasteiger partial charge < -0.3 is 16.2 Å². The van der Waals surface area contributed by atoms with Crippen LogP contribution in [0.2, 0.25) is 0 Å². The van der Waals surface area contributed by atoms with Crippen molar-refractivity contribution in [1.82, 2.24) is 15.1 Å². The number of aromatic nitrogens is 2. The third-order valence-electron chi connectivity index (χ3n) is 1.90. The molecule has 1 aromatic heterocycles. The van der Waals surface area contributed by atoms with Gasteiger partial charge in [0.05, 0.1) is 19.3 Å². The van der Waals surface area contributed by atoms with Gasteiger partial charge in [0, 0.05) is 18.3 Å². The van der Waals surface area contributed by atoms with Crippen LogP contribution in [0.25, 0.3) is 0 Å². The molecule has 0 bridgehead atoms. The summed E-state index contributed by atoms with van der Waals surface area (Å²) in [5.74, 6) is 0. The lowest BCUT2D eigenvalue weighted by Gasteiger charge is -2.00. The van der Waals surface area contributed by atoms with Crippen LogP contribution in [0.4, 0.5) is 0 Å². The zero-order valence-electron chi connectivity index (χ0n) is 8.32. The summed E-state index contributed by atoms with van der Waals surface area (Å²) in [6.45, 7) is 3.15. The summed E-state index contributed by atoms with van der Waals surface area (Å²) < 4.78 is 1.74. The van der Waals surface area contributed by atoms with E-state index < -0.39 is 0 Å². The lowest BCUT2D eigenvalue weighted by molar-refractivity contribution is 0.269. The molecule has 14 heavy (non-hydrogen) atoms. The molecule has 0 aromatic carbocycles. The minimum Gasteiger partial charge on any atom is -0.394 e. The Bertz CT molecular complexity index is 249. The number of hydrogen-bond donors (Lipinski definition) is 3. The SMILES string of the molecule is NCCCNCc1cnn(CCO)c1. The lowest BCUT2D eigenvalue weighted by atomic mass is 10.3. The molecule has 0 amide bonds. The fraction of sp³-hybridized carbons (Fsp3) is 0.667. The summed E-state index contributed by atoms with van der Waals surface area (Å²) in [6, 6.07) is 0. The maximum atomic E-state index is 8.68. The van der Waals surface area contributed by atoms with Crippen molar-refractivity contribution in [3.8, 4) is 0 Å². The van der Waals surface area contributed by atoms with E-state index in [1.165, 1.54) is 0 Å². The van der Waals surface area contributed by atoms with Crippen LogP contribution in [-0.2, 0) is 13.1 Å². The third kappa shape index (κ3) is 3.87. The fourth-order valence-electron chi connectivity index (χ4n) is 1.18. The molecule has 0 aliphatic rings. The first kappa shape index (κ1) is 11.2. The molecule has 0 spiro atoms. The lowest BCUT2D eigenvalue weighted by Crippen LogP contribution is -2.17. The van der Waals surface area contributed by atoms with E-state index in [0.717, 1.165) is 31.6 Å². The van der Waals surface area contributed by atoms with Gasteiger partial charge >= 0.3 is 0 Å². The Morgan fingerprint density at radius 2 is 2.43 bits per heavy atom. The Morgan fingerprint density at radius 3 is 3.14 bits per heavy atom. The average Bonchev–Trinajstić information content (AvgIpc) is 2.61. The molecule has 5 nitrogen and oxygen atoms in total. The number of aliphatic hydroxyl groups is 1. The topological polar surface area (TPSA) is 76.1 Å². The van der Waals surface area contributed by atoms with Gasteiger partial charge in [0.2, 0.25) is 0 Å². The Morgan fingerprint density at radius 1 is 1.57 bits per heavy atom. The Hall–Kier alpha value is -0.910. The summed E-state index contributed by atoms with van der Waals surface area (Å²) in [5, 5.41) is 16.0. The zero-order valence-corrected chi connectivity index (χ0v) is 8.32. The second-order valence-corrected chi connectivity index (χ2v) is 3.15. The summed E-state index contributed by atoms with van der Waals surface area (Å²) in [4.78, 5) is 0. The van der Waals surface area contributed by atoms with Crippen LogP contribution in [0.5, 0.6) is 0 Å². The van der Waals surface area contributed by atoms with Crippen LogP contribution in [0, 0.1) is 0 Å². The largest absolute Gasteiger partial charge is 0.394 e. The number of nitrogens with zero attached hydrogens (tertiary/aromatic N) is 2. The monoisotopic (exact) mass is 198 g/mol. The number of nitrogens with two attached hydrogens (primary N) is 1. The normalized spacial score (nSPS) is 10.7. The molecule has 0 atom stereocenters. The molecule has 0 aliphatic carbocycles. The molecule has 0 saturated carbocycles. The van der Waals surface area contributed by atoms with E-state index in [1.807, 2.05) is 12.4 Å². The van der Waals surface area contributed by atoms with Crippen molar-refractivity contribution < 1.29 is 5.11 Å². The molecule has 0 aliphatic heterocycles. The smallest absolute Gasteiger partial charge is 0.0640 e. The van der Waals surface area contributed by atoms with Crippen molar-refractivity contribution in [2.45, 2.75) is 19.5 Å². The molecule has 1 heterocycles. The van der Waals surface area contributed by atoms with E-state index in [9.17, 15) is 0 Å². The van der Waals surface area contributed by atoms with Crippen molar-refractivity contribution in [1.29, 1.82) is 0 Å². The molecule has 1 aromatic rings. The van der Waals surface area contributed by atoms with Crippen molar-refractivity contribution >= 4 is 0 Å². The maximum Gasteiger partial charge on any atom is 0.0640 e. The minimum absolute atomic E-state index is 0.127. The van der Waals surface area contributed by atoms with Crippen LogP contribution in [0.3, 0.4) is 0 Å². The summed E-state index contributed by atoms with van der Waals surface area (Å²) in [7, 11) is 0. The quantitative estimate of drug-likeness (QED) is 0.507. The highest BCUT2D eigenvalue weighted by molar-refractivity contribution is 5.03. The molecule has 1 rings (SSSR count). The summed E-state index contributed by atoms with van der Waals surface area (Å²) in [5.41, 5.74) is 6.50. The predicted molar refractivity (Wildman–Crippen MR) is 54.7 cm³/mol. The minimum atomic E-state index is 0.127. The van der Waals surface area contributed by atoms with Gasteiger partial charge in [-0.15, -0.1) is 0 Å². The zero-order chi connectivity index (χ0) is 10.2. The highest BCUT2D eigenvalue weighted by Crippen LogP contribution is 1.96. The maximum absolute atomic E-state index is 8.68. The van der Waals surface area contributed by atoms with Crippen LogP contribution in [0.15, 0.2) is 12.4 Å². The number of aliphatic hydroxyl groups excluding tert-OH is 1. The number of nitrogens with one attached hydrogen (secondary N) is 1. The number of rotatable bonds is 7. The molecule has 0 fully saturated rings. The molecule has 0 unspecified atom stereocenters. The Kier molecular flexibility index (Phi) is 5.21. The molecule has 4 N–H and O–H groups in total. The van der Waals surface area contributed by atoms with Gasteiger partial charge in [-0.3, -0.25) is 4.68 Å². The summed E-state index contributed by atoms with van der Waals surface area (Å²) in [6.07, 6.45) is 4.74. The average molecular weight is 198 g/mol. The second-order valence-electron chi connectivity index (χ2n) is 3.15. The van der Waals surface area contributed by atoms with Crippen molar-refractivity contribution in [3.63, 3.8) is 0 Å². The van der Waals surface area contributed by atoms with Gasteiger partial charge in [-0.2, -0.15) is 5.10 Å². The highest BCUT2D eigenvalue weighted by atomic mass is 16.3. The first-order valence-electron chi connectivity index (χ1n) is 4.90. The first-order chi connectivity index (χ1) is 6.86. The molecular weight excluding hydrogens is 180 g/mol. The van der Waals surface area contributed by atoms with Crippen LogP contribution in [-0.4, -0.2) is 34.6 Å². The van der Waals surface area contributed by atoms with Crippen LogP contribution in [0.1, 0.15) is 12.0 Å².